The van der Waals surface area contributed by atoms with E-state index in [-0.39, 0.29) is 11.7 Å². The first-order chi connectivity index (χ1) is 8.68. The molecule has 5 nitrogen and oxygen atoms in total. The number of hydrogen-bond donors (Lipinski definition) is 3. The molecule has 5 heteroatoms. The predicted octanol–water partition coefficient (Wildman–Crippen LogP) is 0.214. The van der Waals surface area contributed by atoms with Gasteiger partial charge in [-0.15, -0.1) is 0 Å². The number of phenols is 1. The summed E-state index contributed by atoms with van der Waals surface area (Å²) in [6.45, 7) is 3.42. The van der Waals surface area contributed by atoms with Crippen LogP contribution in [0.3, 0.4) is 0 Å². The first-order valence-electron chi connectivity index (χ1n) is 6.21. The zero-order valence-electron chi connectivity index (χ0n) is 10.3. The summed E-state index contributed by atoms with van der Waals surface area (Å²) in [4.78, 5) is 13.8. The number of phenolic OH excluding ortho intramolecular Hbond substituents is 1. The van der Waals surface area contributed by atoms with Crippen molar-refractivity contribution in [1.29, 1.82) is 0 Å². The van der Waals surface area contributed by atoms with E-state index in [0.29, 0.717) is 0 Å². The zero-order chi connectivity index (χ0) is 13.0. The first-order valence-corrected chi connectivity index (χ1v) is 6.21. The van der Waals surface area contributed by atoms with Gasteiger partial charge in [-0.25, -0.2) is 0 Å². The van der Waals surface area contributed by atoms with Gasteiger partial charge in [0, 0.05) is 19.6 Å². The van der Waals surface area contributed by atoms with Crippen LogP contribution in [0.4, 0.5) is 0 Å². The van der Waals surface area contributed by atoms with Crippen molar-refractivity contribution in [3.8, 4) is 5.75 Å². The van der Waals surface area contributed by atoms with E-state index in [1.807, 2.05) is 6.07 Å². The first kappa shape index (κ1) is 12.9. The van der Waals surface area contributed by atoms with Crippen LogP contribution in [-0.2, 0) is 4.79 Å². The second-order valence-electron chi connectivity index (χ2n) is 4.54. The Kier molecular flexibility index (Phi) is 4.17. The average Bonchev–Trinajstić information content (AvgIpc) is 2.58. The minimum atomic E-state index is -0.461. The van der Waals surface area contributed by atoms with Gasteiger partial charge in [0.15, 0.2) is 0 Å². The van der Waals surface area contributed by atoms with Crippen molar-refractivity contribution in [2.45, 2.75) is 12.5 Å². The van der Waals surface area contributed by atoms with Crippen molar-refractivity contribution in [3.05, 3.63) is 29.8 Å². The lowest BCUT2D eigenvalue weighted by Gasteiger charge is -2.28. The number of rotatable bonds is 3. The van der Waals surface area contributed by atoms with Gasteiger partial charge in [0.05, 0.1) is 0 Å². The number of amides is 1. The lowest BCUT2D eigenvalue weighted by atomic mass is 10.0. The highest BCUT2D eigenvalue weighted by Crippen LogP contribution is 2.24. The SMILES string of the molecule is NC(=O)C(c1cccc(O)c1)N1CCCNCC1. The van der Waals surface area contributed by atoms with Gasteiger partial charge in [0.2, 0.25) is 5.91 Å². The Balaban J connectivity index is 2.24. The molecule has 1 amide bonds. The van der Waals surface area contributed by atoms with E-state index in [1.165, 1.54) is 0 Å². The molecule has 1 aliphatic rings. The van der Waals surface area contributed by atoms with Gasteiger partial charge >= 0.3 is 0 Å². The van der Waals surface area contributed by atoms with E-state index >= 15 is 0 Å². The third-order valence-electron chi connectivity index (χ3n) is 3.20. The third kappa shape index (κ3) is 3.00. The topological polar surface area (TPSA) is 78.6 Å². The van der Waals surface area contributed by atoms with Crippen molar-refractivity contribution < 1.29 is 9.90 Å². The van der Waals surface area contributed by atoms with E-state index in [4.69, 9.17) is 5.73 Å². The van der Waals surface area contributed by atoms with Crippen LogP contribution in [0, 0.1) is 0 Å². The Labute approximate surface area is 107 Å². The molecule has 0 aromatic heterocycles. The van der Waals surface area contributed by atoms with Crippen LogP contribution in [0.15, 0.2) is 24.3 Å². The molecule has 18 heavy (non-hydrogen) atoms. The lowest BCUT2D eigenvalue weighted by Crippen LogP contribution is -2.39. The second kappa shape index (κ2) is 5.84. The van der Waals surface area contributed by atoms with Gasteiger partial charge in [0.25, 0.3) is 0 Å². The Bertz CT molecular complexity index is 414. The number of nitrogens with zero attached hydrogens (tertiary/aromatic N) is 1. The molecule has 0 saturated carbocycles. The summed E-state index contributed by atoms with van der Waals surface area (Å²) < 4.78 is 0. The summed E-state index contributed by atoms with van der Waals surface area (Å²) in [5.74, 6) is -0.214. The van der Waals surface area contributed by atoms with Gasteiger partial charge in [-0.05, 0) is 30.7 Å². The van der Waals surface area contributed by atoms with Gasteiger partial charge in [0.1, 0.15) is 11.8 Å². The van der Waals surface area contributed by atoms with Crippen LogP contribution in [0.1, 0.15) is 18.0 Å². The smallest absolute Gasteiger partial charge is 0.239 e. The summed E-state index contributed by atoms with van der Waals surface area (Å²) in [5, 5.41) is 12.8. The maximum Gasteiger partial charge on any atom is 0.239 e. The normalized spacial score (nSPS) is 19.1. The summed E-state index contributed by atoms with van der Waals surface area (Å²) in [7, 11) is 0. The van der Waals surface area contributed by atoms with Gasteiger partial charge in [-0.3, -0.25) is 9.69 Å². The lowest BCUT2D eigenvalue weighted by molar-refractivity contribution is -0.123. The summed E-state index contributed by atoms with van der Waals surface area (Å²) in [6, 6.07) is 6.29. The van der Waals surface area contributed by atoms with E-state index in [1.54, 1.807) is 18.2 Å². The number of carbonyl (C=O) groups excluding carboxylic acids is 1. The number of hydrogen-bond acceptors (Lipinski definition) is 4. The number of aromatic hydroxyl groups is 1. The highest BCUT2D eigenvalue weighted by molar-refractivity contribution is 5.81. The van der Waals surface area contributed by atoms with Crippen LogP contribution in [0.2, 0.25) is 0 Å². The third-order valence-corrected chi connectivity index (χ3v) is 3.20. The quantitative estimate of drug-likeness (QED) is 0.716. The molecule has 4 N–H and O–H groups in total. The molecule has 0 spiro atoms. The maximum atomic E-state index is 11.7. The Morgan fingerprint density at radius 1 is 1.39 bits per heavy atom. The minimum absolute atomic E-state index is 0.159. The largest absolute Gasteiger partial charge is 0.508 e. The van der Waals surface area contributed by atoms with Crippen LogP contribution < -0.4 is 11.1 Å². The summed E-state index contributed by atoms with van der Waals surface area (Å²) >= 11 is 0. The van der Waals surface area contributed by atoms with Crippen molar-refractivity contribution >= 4 is 5.91 Å². The van der Waals surface area contributed by atoms with Gasteiger partial charge in [-0.2, -0.15) is 0 Å². The molecule has 1 saturated heterocycles. The minimum Gasteiger partial charge on any atom is -0.508 e. The van der Waals surface area contributed by atoms with Gasteiger partial charge in [-0.1, -0.05) is 12.1 Å². The molecule has 1 heterocycles. The maximum absolute atomic E-state index is 11.7. The molecule has 1 aliphatic heterocycles. The Hall–Kier alpha value is -1.59. The standard InChI is InChI=1S/C13H19N3O2/c14-13(18)12(10-3-1-4-11(17)9-10)16-7-2-5-15-6-8-16/h1,3-4,9,12,15,17H,2,5-8H2,(H2,14,18). The second-order valence-corrected chi connectivity index (χ2v) is 4.54. The molecule has 2 rings (SSSR count). The predicted molar refractivity (Wildman–Crippen MR) is 69.1 cm³/mol. The number of nitrogens with one attached hydrogen (secondary N) is 1. The van der Waals surface area contributed by atoms with Crippen LogP contribution in [0.25, 0.3) is 0 Å². The number of primary amides is 1. The number of nitrogens with two attached hydrogens (primary N) is 1. The van der Waals surface area contributed by atoms with E-state index in [0.717, 1.165) is 38.2 Å². The van der Waals surface area contributed by atoms with Crippen LogP contribution in [-0.4, -0.2) is 42.1 Å². The molecule has 0 aliphatic carbocycles. The number of benzene rings is 1. The fourth-order valence-electron chi connectivity index (χ4n) is 2.37. The molecule has 0 radical (unpaired) electrons. The molecular weight excluding hydrogens is 230 g/mol. The van der Waals surface area contributed by atoms with E-state index in [9.17, 15) is 9.90 Å². The molecule has 1 aromatic rings. The van der Waals surface area contributed by atoms with Crippen molar-refractivity contribution in [2.75, 3.05) is 26.2 Å². The molecule has 98 valence electrons. The van der Waals surface area contributed by atoms with Crippen molar-refractivity contribution in [2.24, 2.45) is 5.73 Å². The molecule has 1 fully saturated rings. The molecule has 1 unspecified atom stereocenters. The molecular formula is C13H19N3O2. The molecule has 1 aromatic carbocycles. The zero-order valence-corrected chi connectivity index (χ0v) is 10.3. The fraction of sp³-hybridized carbons (Fsp3) is 0.462. The monoisotopic (exact) mass is 249 g/mol. The molecule has 0 bridgehead atoms. The highest BCUT2D eigenvalue weighted by atomic mass is 16.3. The van der Waals surface area contributed by atoms with Crippen LogP contribution >= 0.6 is 0 Å². The highest BCUT2D eigenvalue weighted by Gasteiger charge is 2.26. The Morgan fingerprint density at radius 3 is 2.94 bits per heavy atom. The van der Waals surface area contributed by atoms with E-state index in [2.05, 4.69) is 10.2 Å². The Morgan fingerprint density at radius 2 is 2.22 bits per heavy atom. The summed E-state index contributed by atoms with van der Waals surface area (Å²) in [5.41, 5.74) is 6.27. The van der Waals surface area contributed by atoms with E-state index < -0.39 is 6.04 Å². The average molecular weight is 249 g/mol. The van der Waals surface area contributed by atoms with Gasteiger partial charge < -0.3 is 16.2 Å². The molecule has 1 atom stereocenters. The van der Waals surface area contributed by atoms with Crippen molar-refractivity contribution in [3.63, 3.8) is 0 Å². The summed E-state index contributed by atoms with van der Waals surface area (Å²) in [6.07, 6.45) is 0.989. The number of carbonyl (C=O) groups is 1. The van der Waals surface area contributed by atoms with Crippen LogP contribution in [0.5, 0.6) is 5.75 Å². The van der Waals surface area contributed by atoms with Crippen molar-refractivity contribution in [1.82, 2.24) is 10.2 Å². The fourth-order valence-corrected chi connectivity index (χ4v) is 2.37.